The van der Waals surface area contributed by atoms with Crippen LogP contribution in [-0.2, 0) is 16.6 Å². The van der Waals surface area contributed by atoms with Crippen molar-refractivity contribution in [2.24, 2.45) is 0 Å². The minimum atomic E-state index is -0.519. The Labute approximate surface area is 150 Å². The van der Waals surface area contributed by atoms with Crippen molar-refractivity contribution in [3.05, 3.63) is 59.7 Å². The molecule has 0 unspecified atom stereocenters. The first-order chi connectivity index (χ1) is 11.8. The van der Waals surface area contributed by atoms with E-state index in [-0.39, 0.29) is 17.4 Å². The molecule has 1 aliphatic heterocycles. The van der Waals surface area contributed by atoms with Crippen molar-refractivity contribution in [1.82, 2.24) is 0 Å². The molecule has 0 spiro atoms. The summed E-state index contributed by atoms with van der Waals surface area (Å²) in [6.45, 7) is 10.5. The number of rotatable bonds is 3. The molecule has 0 bridgehead atoms. The Balaban J connectivity index is 1.73. The third-order valence-corrected chi connectivity index (χ3v) is 4.83. The number of anilines is 1. The number of carbonyl (C=O) groups excluding carboxylic acids is 1. The first-order valence-electron chi connectivity index (χ1n) is 8.95. The van der Waals surface area contributed by atoms with Gasteiger partial charge >= 0.3 is 0 Å². The lowest BCUT2D eigenvalue weighted by Crippen LogP contribution is -2.43. The van der Waals surface area contributed by atoms with Crippen molar-refractivity contribution in [3.8, 4) is 5.75 Å². The summed E-state index contributed by atoms with van der Waals surface area (Å²) in [5.41, 5.74) is 3.60. The first kappa shape index (κ1) is 17.5. The van der Waals surface area contributed by atoms with Gasteiger partial charge < -0.3 is 9.64 Å². The zero-order valence-electron chi connectivity index (χ0n) is 15.7. The second kappa shape index (κ2) is 6.55. The van der Waals surface area contributed by atoms with E-state index in [1.54, 1.807) is 0 Å². The summed E-state index contributed by atoms with van der Waals surface area (Å²) in [6, 6.07) is 16.3. The molecule has 3 nitrogen and oxygen atoms in total. The zero-order valence-corrected chi connectivity index (χ0v) is 15.7. The predicted octanol–water partition coefficient (Wildman–Crippen LogP) is 4.73. The minimum Gasteiger partial charge on any atom is -0.481 e. The van der Waals surface area contributed by atoms with Crippen molar-refractivity contribution >= 4 is 11.6 Å². The van der Waals surface area contributed by atoms with Gasteiger partial charge in [0.25, 0.3) is 5.91 Å². The summed E-state index contributed by atoms with van der Waals surface area (Å²) in [5.74, 6) is 0.742. The number of carbonyl (C=O) groups is 1. The van der Waals surface area contributed by atoms with Crippen LogP contribution in [0.15, 0.2) is 48.5 Å². The van der Waals surface area contributed by atoms with Crippen molar-refractivity contribution in [1.29, 1.82) is 0 Å². The van der Waals surface area contributed by atoms with Crippen LogP contribution >= 0.6 is 0 Å². The van der Waals surface area contributed by atoms with Crippen LogP contribution in [-0.4, -0.2) is 18.1 Å². The monoisotopic (exact) mass is 337 g/mol. The lowest BCUT2D eigenvalue weighted by Gasteiger charge is -2.26. The van der Waals surface area contributed by atoms with Gasteiger partial charge in [-0.3, -0.25) is 4.79 Å². The van der Waals surface area contributed by atoms with Gasteiger partial charge in [-0.1, -0.05) is 51.1 Å². The van der Waals surface area contributed by atoms with Gasteiger partial charge in [-0.05, 0) is 55.0 Å². The molecule has 1 amide bonds. The summed E-state index contributed by atoms with van der Waals surface area (Å²) < 4.78 is 5.93. The molecule has 3 rings (SSSR count). The van der Waals surface area contributed by atoms with E-state index in [2.05, 4.69) is 45.9 Å². The molecule has 0 saturated carbocycles. The first-order valence-corrected chi connectivity index (χ1v) is 8.95. The molecule has 0 fully saturated rings. The zero-order chi connectivity index (χ0) is 18.2. The Kier molecular flexibility index (Phi) is 4.59. The highest BCUT2D eigenvalue weighted by molar-refractivity contribution is 5.99. The van der Waals surface area contributed by atoms with Crippen molar-refractivity contribution in [2.75, 3.05) is 4.90 Å². The van der Waals surface area contributed by atoms with Gasteiger partial charge in [0.2, 0.25) is 0 Å². The maximum atomic E-state index is 12.9. The fraction of sp³-hybridized carbons (Fsp3) is 0.409. The third kappa shape index (κ3) is 3.55. The molecule has 2 aromatic carbocycles. The molecule has 0 radical (unpaired) electrons. The van der Waals surface area contributed by atoms with Crippen LogP contribution < -0.4 is 9.64 Å². The van der Waals surface area contributed by atoms with Crippen molar-refractivity contribution < 1.29 is 9.53 Å². The molecule has 0 saturated heterocycles. The summed E-state index contributed by atoms with van der Waals surface area (Å²) >= 11 is 0. The molecule has 0 aliphatic carbocycles. The fourth-order valence-corrected chi connectivity index (χ4v) is 3.39. The van der Waals surface area contributed by atoms with Crippen LogP contribution in [0.5, 0.6) is 5.75 Å². The number of ether oxygens (including phenoxy) is 1. The number of nitrogens with zero attached hydrogens (tertiary/aromatic N) is 1. The molecule has 3 heteroatoms. The van der Waals surface area contributed by atoms with Gasteiger partial charge in [0, 0.05) is 11.7 Å². The molecule has 132 valence electrons. The van der Waals surface area contributed by atoms with E-state index >= 15 is 0 Å². The lowest BCUT2D eigenvalue weighted by molar-refractivity contribution is -0.124. The number of hydrogen-bond donors (Lipinski definition) is 0. The standard InChI is InChI=1S/C22H27NO2/c1-15-14-17-8-6-7-9-20(17)23(15)21(24)16(2)25-19-12-10-18(11-13-19)22(3,4)5/h6-13,15-16H,14H2,1-5H3/t15-,16-/m0/s1. The van der Waals surface area contributed by atoms with E-state index in [9.17, 15) is 4.79 Å². The van der Waals surface area contributed by atoms with Crippen molar-refractivity contribution in [3.63, 3.8) is 0 Å². The maximum Gasteiger partial charge on any atom is 0.268 e. The maximum absolute atomic E-state index is 12.9. The minimum absolute atomic E-state index is 0.0114. The van der Waals surface area contributed by atoms with E-state index < -0.39 is 6.10 Å². The fourth-order valence-electron chi connectivity index (χ4n) is 3.39. The van der Waals surface area contributed by atoms with E-state index in [1.165, 1.54) is 11.1 Å². The van der Waals surface area contributed by atoms with Crippen LogP contribution in [0.2, 0.25) is 0 Å². The second-order valence-electron chi connectivity index (χ2n) is 7.92. The quantitative estimate of drug-likeness (QED) is 0.810. The van der Waals surface area contributed by atoms with Crippen LogP contribution in [0.3, 0.4) is 0 Å². The van der Waals surface area contributed by atoms with Gasteiger partial charge in [-0.25, -0.2) is 0 Å². The summed E-state index contributed by atoms with van der Waals surface area (Å²) in [7, 11) is 0. The summed E-state index contributed by atoms with van der Waals surface area (Å²) in [4.78, 5) is 14.8. The average molecular weight is 337 g/mol. The smallest absolute Gasteiger partial charge is 0.268 e. The summed E-state index contributed by atoms with van der Waals surface area (Å²) in [5, 5.41) is 0. The number of fused-ring (bicyclic) bond motifs is 1. The Morgan fingerprint density at radius 2 is 1.76 bits per heavy atom. The van der Waals surface area contributed by atoms with Crippen LogP contribution in [0, 0.1) is 0 Å². The van der Waals surface area contributed by atoms with E-state index in [1.807, 2.05) is 42.2 Å². The molecule has 1 heterocycles. The third-order valence-electron chi connectivity index (χ3n) is 4.83. The van der Waals surface area contributed by atoms with Crippen LogP contribution in [0.4, 0.5) is 5.69 Å². The van der Waals surface area contributed by atoms with Gasteiger partial charge in [0.1, 0.15) is 5.75 Å². The van der Waals surface area contributed by atoms with E-state index in [0.29, 0.717) is 0 Å². The summed E-state index contributed by atoms with van der Waals surface area (Å²) in [6.07, 6.45) is 0.378. The van der Waals surface area contributed by atoms with Gasteiger partial charge in [-0.15, -0.1) is 0 Å². The van der Waals surface area contributed by atoms with Gasteiger partial charge in [-0.2, -0.15) is 0 Å². The molecular formula is C22H27NO2. The normalized spacial score (nSPS) is 18.0. The molecule has 0 aromatic heterocycles. The van der Waals surface area contributed by atoms with Gasteiger partial charge in [0.05, 0.1) is 0 Å². The van der Waals surface area contributed by atoms with Crippen molar-refractivity contribution in [2.45, 2.75) is 58.6 Å². The topological polar surface area (TPSA) is 29.5 Å². The predicted molar refractivity (Wildman–Crippen MR) is 102 cm³/mol. The molecule has 2 atom stereocenters. The Hall–Kier alpha value is -2.29. The number of hydrogen-bond acceptors (Lipinski definition) is 2. The highest BCUT2D eigenvalue weighted by Gasteiger charge is 2.33. The second-order valence-corrected chi connectivity index (χ2v) is 7.92. The van der Waals surface area contributed by atoms with Crippen LogP contribution in [0.25, 0.3) is 0 Å². The average Bonchev–Trinajstić information content (AvgIpc) is 2.89. The number of amides is 1. The Morgan fingerprint density at radius 1 is 1.12 bits per heavy atom. The molecule has 1 aliphatic rings. The number of benzene rings is 2. The highest BCUT2D eigenvalue weighted by Crippen LogP contribution is 2.33. The molecular weight excluding hydrogens is 310 g/mol. The highest BCUT2D eigenvalue weighted by atomic mass is 16.5. The van der Waals surface area contributed by atoms with Crippen LogP contribution in [0.1, 0.15) is 45.7 Å². The van der Waals surface area contributed by atoms with Gasteiger partial charge in [0.15, 0.2) is 6.10 Å². The molecule has 25 heavy (non-hydrogen) atoms. The lowest BCUT2D eigenvalue weighted by atomic mass is 9.87. The Morgan fingerprint density at radius 3 is 2.40 bits per heavy atom. The molecule has 2 aromatic rings. The SMILES string of the molecule is C[C@H](Oc1ccc(C(C)(C)C)cc1)C(=O)N1c2ccccc2C[C@@H]1C. The van der Waals surface area contributed by atoms with E-state index in [4.69, 9.17) is 4.74 Å². The Bertz CT molecular complexity index is 758. The molecule has 0 N–H and O–H groups in total. The largest absolute Gasteiger partial charge is 0.481 e. The number of para-hydroxylation sites is 1. The van der Waals surface area contributed by atoms with E-state index in [0.717, 1.165) is 17.9 Å².